The van der Waals surface area contributed by atoms with Crippen LogP contribution < -0.4 is 0 Å². The average Bonchev–Trinajstić information content (AvgIpc) is 2.89. The van der Waals surface area contributed by atoms with E-state index >= 15 is 0 Å². The van der Waals surface area contributed by atoms with Crippen molar-refractivity contribution < 1.29 is 0 Å². The Balaban J connectivity index is 2.03. The molecular weight excluding hydrogens is 292 g/mol. The van der Waals surface area contributed by atoms with Crippen LogP contribution in [0.2, 0.25) is 0 Å². The molecule has 0 spiro atoms. The lowest BCUT2D eigenvalue weighted by Crippen LogP contribution is -1.88. The molecule has 2 heterocycles. The van der Waals surface area contributed by atoms with Crippen LogP contribution in [0, 0.1) is 6.92 Å². The molecule has 0 N–H and O–H groups in total. The van der Waals surface area contributed by atoms with Crippen LogP contribution in [0.3, 0.4) is 0 Å². The third-order valence-electron chi connectivity index (χ3n) is 2.67. The van der Waals surface area contributed by atoms with Crippen molar-refractivity contribution >= 4 is 45.1 Å². The van der Waals surface area contributed by atoms with Crippen molar-refractivity contribution in [3.8, 4) is 0 Å². The highest BCUT2D eigenvalue weighted by atomic mass is 32.2. The Morgan fingerprint density at radius 1 is 1.05 bits per heavy atom. The van der Waals surface area contributed by atoms with Gasteiger partial charge in [0.1, 0.15) is 5.03 Å². The number of hydrogen-bond donors (Lipinski definition) is 0. The molecule has 0 aliphatic rings. The van der Waals surface area contributed by atoms with E-state index in [1.54, 1.807) is 34.9 Å². The molecule has 0 aliphatic carbocycles. The molecule has 0 radical (unpaired) electrons. The first-order chi connectivity index (χ1) is 9.26. The van der Waals surface area contributed by atoms with E-state index in [0.717, 1.165) is 15.7 Å². The molecule has 2 nitrogen and oxygen atoms in total. The van der Waals surface area contributed by atoms with Gasteiger partial charge in [0.25, 0.3) is 0 Å². The van der Waals surface area contributed by atoms with Crippen LogP contribution in [0.25, 0.3) is 10.2 Å². The molecule has 0 atom stereocenters. The standard InChI is InChI=1S/C14H12N2S3/c1-9-3-5-10(6-4-9)19-13-12-11(7-8-18-12)15-14(16-13)17-2/h3-8H,1-2H3. The molecule has 3 aromatic rings. The minimum Gasteiger partial charge on any atom is -0.222 e. The van der Waals surface area contributed by atoms with Gasteiger partial charge in [-0.05, 0) is 36.8 Å². The van der Waals surface area contributed by atoms with Crippen LogP contribution in [0.1, 0.15) is 5.56 Å². The second kappa shape index (κ2) is 5.53. The number of nitrogens with zero attached hydrogens (tertiary/aromatic N) is 2. The van der Waals surface area contributed by atoms with Gasteiger partial charge in [0.05, 0.1) is 10.2 Å². The molecule has 3 rings (SSSR count). The number of aryl methyl sites for hydroxylation is 1. The van der Waals surface area contributed by atoms with Crippen molar-refractivity contribution in [3.05, 3.63) is 41.3 Å². The minimum atomic E-state index is 0.834. The molecule has 0 bridgehead atoms. The van der Waals surface area contributed by atoms with Crippen LogP contribution in [0.4, 0.5) is 0 Å². The van der Waals surface area contributed by atoms with E-state index < -0.39 is 0 Å². The van der Waals surface area contributed by atoms with E-state index in [0.29, 0.717) is 0 Å². The number of rotatable bonds is 3. The Hall–Kier alpha value is -1.04. The van der Waals surface area contributed by atoms with Gasteiger partial charge in [-0.1, -0.05) is 41.2 Å². The van der Waals surface area contributed by atoms with Gasteiger partial charge in [-0.25, -0.2) is 9.97 Å². The van der Waals surface area contributed by atoms with Crippen molar-refractivity contribution in [1.82, 2.24) is 9.97 Å². The second-order valence-corrected chi connectivity index (χ2v) is 6.82. The maximum Gasteiger partial charge on any atom is 0.188 e. The summed E-state index contributed by atoms with van der Waals surface area (Å²) >= 11 is 4.99. The maximum atomic E-state index is 4.63. The molecule has 0 unspecified atom stereocenters. The highest BCUT2D eigenvalue weighted by Crippen LogP contribution is 2.35. The number of hydrogen-bond acceptors (Lipinski definition) is 5. The van der Waals surface area contributed by atoms with Crippen LogP contribution in [-0.4, -0.2) is 16.2 Å². The summed E-state index contributed by atoms with van der Waals surface area (Å²) in [7, 11) is 0. The Labute approximate surface area is 124 Å². The van der Waals surface area contributed by atoms with Crippen molar-refractivity contribution in [2.75, 3.05) is 6.26 Å². The molecule has 19 heavy (non-hydrogen) atoms. The summed E-state index contributed by atoms with van der Waals surface area (Å²) < 4.78 is 1.17. The lowest BCUT2D eigenvalue weighted by molar-refractivity contribution is 0.938. The van der Waals surface area contributed by atoms with Crippen LogP contribution in [0.5, 0.6) is 0 Å². The van der Waals surface area contributed by atoms with Gasteiger partial charge >= 0.3 is 0 Å². The first kappa shape index (κ1) is 13.0. The largest absolute Gasteiger partial charge is 0.222 e. The van der Waals surface area contributed by atoms with Crippen LogP contribution in [-0.2, 0) is 0 Å². The molecule has 96 valence electrons. The Kier molecular flexibility index (Phi) is 3.77. The quantitative estimate of drug-likeness (QED) is 0.391. The summed E-state index contributed by atoms with van der Waals surface area (Å²) in [6, 6.07) is 10.6. The molecule has 0 fully saturated rings. The van der Waals surface area contributed by atoms with Crippen molar-refractivity contribution in [2.45, 2.75) is 22.0 Å². The monoisotopic (exact) mass is 304 g/mol. The predicted octanol–water partition coefficient (Wildman–Crippen LogP) is 4.87. The summed E-state index contributed by atoms with van der Waals surface area (Å²) in [4.78, 5) is 10.4. The maximum absolute atomic E-state index is 4.63. The van der Waals surface area contributed by atoms with E-state index in [4.69, 9.17) is 0 Å². The number of aromatic nitrogens is 2. The predicted molar refractivity (Wildman–Crippen MR) is 84.5 cm³/mol. The molecule has 0 saturated heterocycles. The zero-order valence-electron chi connectivity index (χ0n) is 10.6. The van der Waals surface area contributed by atoms with Crippen LogP contribution in [0.15, 0.2) is 50.8 Å². The highest BCUT2D eigenvalue weighted by Gasteiger charge is 2.10. The van der Waals surface area contributed by atoms with Gasteiger partial charge in [0, 0.05) is 4.90 Å². The van der Waals surface area contributed by atoms with Gasteiger partial charge in [-0.3, -0.25) is 0 Å². The second-order valence-electron chi connectivity index (χ2n) is 4.07. The molecule has 5 heteroatoms. The lowest BCUT2D eigenvalue weighted by Gasteiger charge is -2.04. The van der Waals surface area contributed by atoms with E-state index in [2.05, 4.69) is 52.6 Å². The normalized spacial score (nSPS) is 11.1. The SMILES string of the molecule is CSc1nc(Sc2ccc(C)cc2)c2sccc2n1. The van der Waals surface area contributed by atoms with Gasteiger partial charge in [0.15, 0.2) is 5.16 Å². The Bertz CT molecular complexity index is 704. The smallest absolute Gasteiger partial charge is 0.188 e. The Morgan fingerprint density at radius 3 is 2.58 bits per heavy atom. The van der Waals surface area contributed by atoms with Gasteiger partial charge in [-0.2, -0.15) is 0 Å². The van der Waals surface area contributed by atoms with Gasteiger partial charge in [-0.15, -0.1) is 11.3 Å². The molecular formula is C14H12N2S3. The van der Waals surface area contributed by atoms with E-state index in [1.807, 2.05) is 6.26 Å². The zero-order chi connectivity index (χ0) is 13.2. The third-order valence-corrected chi connectivity index (χ3v) is 5.25. The summed E-state index contributed by atoms with van der Waals surface area (Å²) in [5.74, 6) is 0. The number of fused-ring (bicyclic) bond motifs is 1. The zero-order valence-corrected chi connectivity index (χ0v) is 13.0. The number of thiophene rings is 1. The molecule has 2 aromatic heterocycles. The van der Waals surface area contributed by atoms with E-state index in [9.17, 15) is 0 Å². The Morgan fingerprint density at radius 2 is 1.84 bits per heavy atom. The fourth-order valence-corrected chi connectivity index (χ4v) is 3.93. The first-order valence-corrected chi connectivity index (χ1v) is 8.72. The van der Waals surface area contributed by atoms with Gasteiger partial charge < -0.3 is 0 Å². The fourth-order valence-electron chi connectivity index (χ4n) is 1.69. The summed E-state index contributed by atoms with van der Waals surface area (Å²) in [6.07, 6.45) is 2.01. The van der Waals surface area contributed by atoms with E-state index in [1.165, 1.54) is 15.2 Å². The first-order valence-electron chi connectivity index (χ1n) is 5.80. The lowest BCUT2D eigenvalue weighted by atomic mass is 10.2. The van der Waals surface area contributed by atoms with Gasteiger partial charge in [0.2, 0.25) is 0 Å². The van der Waals surface area contributed by atoms with Crippen LogP contribution >= 0.6 is 34.9 Å². The number of thioether (sulfide) groups is 1. The molecule has 0 aliphatic heterocycles. The molecule has 0 saturated carbocycles. The summed E-state index contributed by atoms with van der Waals surface area (Å²) in [5, 5.41) is 3.96. The number of benzene rings is 1. The molecule has 0 amide bonds. The summed E-state index contributed by atoms with van der Waals surface area (Å²) in [6.45, 7) is 2.10. The molecule has 1 aromatic carbocycles. The third kappa shape index (κ3) is 2.78. The van der Waals surface area contributed by atoms with Crippen molar-refractivity contribution in [1.29, 1.82) is 0 Å². The fraction of sp³-hybridized carbons (Fsp3) is 0.143. The minimum absolute atomic E-state index is 0.834. The summed E-state index contributed by atoms with van der Waals surface area (Å²) in [5.41, 5.74) is 2.32. The van der Waals surface area contributed by atoms with Crippen molar-refractivity contribution in [2.24, 2.45) is 0 Å². The van der Waals surface area contributed by atoms with E-state index in [-0.39, 0.29) is 0 Å². The van der Waals surface area contributed by atoms with Crippen molar-refractivity contribution in [3.63, 3.8) is 0 Å². The average molecular weight is 304 g/mol. The highest BCUT2D eigenvalue weighted by molar-refractivity contribution is 8.00. The topological polar surface area (TPSA) is 25.8 Å².